The van der Waals surface area contributed by atoms with Crippen molar-refractivity contribution in [2.45, 2.75) is 41.2 Å². The number of aromatic nitrogens is 4. The fourth-order valence-electron chi connectivity index (χ4n) is 2.85. The summed E-state index contributed by atoms with van der Waals surface area (Å²) in [6.07, 6.45) is 3.66. The van der Waals surface area contributed by atoms with Crippen molar-refractivity contribution in [3.63, 3.8) is 0 Å². The number of nitrogens with zero attached hydrogens (tertiary/aromatic N) is 4. The second-order valence-corrected chi connectivity index (χ2v) is 7.35. The minimum absolute atomic E-state index is 0.780. The van der Waals surface area contributed by atoms with Gasteiger partial charge in [-0.2, -0.15) is 0 Å². The largest absolute Gasteiger partial charge is 0.361 e. The predicted molar refractivity (Wildman–Crippen MR) is 109 cm³/mol. The van der Waals surface area contributed by atoms with Crippen LogP contribution in [0.15, 0.2) is 53.4 Å². The second-order valence-electron chi connectivity index (χ2n) is 7.35. The number of imidazole rings is 1. The molecule has 4 rings (SSSR count). The molecule has 5 nitrogen and oxygen atoms in total. The summed E-state index contributed by atoms with van der Waals surface area (Å²) in [5, 5.41) is 4.01. The zero-order chi connectivity index (χ0) is 19.4. The molecule has 0 saturated carbocycles. The lowest BCUT2D eigenvalue weighted by Crippen LogP contribution is -1.98. The van der Waals surface area contributed by atoms with Crippen molar-refractivity contribution in [1.29, 1.82) is 0 Å². The van der Waals surface area contributed by atoms with Crippen LogP contribution in [-0.4, -0.2) is 19.7 Å². The molecular weight excluding hydrogens is 336 g/mol. The summed E-state index contributed by atoms with van der Waals surface area (Å²) in [6, 6.07) is 12.4. The average Bonchev–Trinajstić information content (AvgIpc) is 3.18. The van der Waals surface area contributed by atoms with Gasteiger partial charge in [-0.1, -0.05) is 56.3 Å². The first-order valence-electron chi connectivity index (χ1n) is 9.23. The first-order chi connectivity index (χ1) is 13.0. The molecule has 0 aliphatic rings. The van der Waals surface area contributed by atoms with Crippen LogP contribution in [0.4, 0.5) is 0 Å². The summed E-state index contributed by atoms with van der Waals surface area (Å²) in [4.78, 5) is 8.96. The molecule has 0 spiro atoms. The highest BCUT2D eigenvalue weighted by atomic mass is 16.5. The van der Waals surface area contributed by atoms with E-state index in [-0.39, 0.29) is 0 Å². The highest BCUT2D eigenvalue weighted by Crippen LogP contribution is 2.27. The van der Waals surface area contributed by atoms with Crippen LogP contribution in [0.25, 0.3) is 22.3 Å². The Morgan fingerprint density at radius 1 is 1.04 bits per heavy atom. The van der Waals surface area contributed by atoms with Crippen molar-refractivity contribution in [3.05, 3.63) is 65.9 Å². The van der Waals surface area contributed by atoms with E-state index >= 15 is 0 Å². The zero-order valence-corrected chi connectivity index (χ0v) is 16.6. The van der Waals surface area contributed by atoms with E-state index in [0.29, 0.717) is 0 Å². The van der Waals surface area contributed by atoms with Gasteiger partial charge in [-0.05, 0) is 31.4 Å². The molecule has 0 aliphatic heterocycles. The number of aryl methyl sites for hydroxylation is 2. The zero-order valence-electron chi connectivity index (χ0n) is 16.6. The van der Waals surface area contributed by atoms with Crippen molar-refractivity contribution in [2.75, 3.05) is 0 Å². The predicted octanol–water partition coefficient (Wildman–Crippen LogP) is 5.41. The molecule has 3 heterocycles. The van der Waals surface area contributed by atoms with Crippen LogP contribution in [-0.2, 0) is 6.54 Å². The fraction of sp³-hybridized carbons (Fsp3) is 0.318. The molecular formula is C22H26N4O. The molecule has 0 N–H and O–H groups in total. The quantitative estimate of drug-likeness (QED) is 0.489. The van der Waals surface area contributed by atoms with E-state index in [1.54, 1.807) is 6.20 Å². The number of fused-ring (bicyclic) bond motifs is 1. The Balaban J connectivity index is 0.000000481. The lowest BCUT2D eigenvalue weighted by atomic mass is 10.1. The third kappa shape index (κ3) is 4.42. The van der Waals surface area contributed by atoms with E-state index in [0.717, 1.165) is 46.2 Å². The Hall–Kier alpha value is -2.95. The molecule has 0 bridgehead atoms. The lowest BCUT2D eigenvalue weighted by Gasteiger charge is -2.06. The van der Waals surface area contributed by atoms with Gasteiger partial charge in [0.05, 0.1) is 35.0 Å². The number of hydrogen-bond donors (Lipinski definition) is 0. The van der Waals surface area contributed by atoms with E-state index in [2.05, 4.69) is 58.7 Å². The van der Waals surface area contributed by atoms with Crippen molar-refractivity contribution in [3.8, 4) is 11.3 Å². The van der Waals surface area contributed by atoms with Crippen LogP contribution in [0.3, 0.4) is 0 Å². The van der Waals surface area contributed by atoms with Crippen molar-refractivity contribution in [1.82, 2.24) is 19.7 Å². The molecule has 0 aliphatic carbocycles. The molecule has 0 unspecified atom stereocenters. The first-order valence-corrected chi connectivity index (χ1v) is 9.23. The maximum atomic E-state index is 5.26. The monoisotopic (exact) mass is 362 g/mol. The minimum atomic E-state index is 0.780. The van der Waals surface area contributed by atoms with E-state index in [4.69, 9.17) is 4.52 Å². The Kier molecular flexibility index (Phi) is 5.69. The van der Waals surface area contributed by atoms with E-state index in [1.165, 1.54) is 5.56 Å². The molecule has 0 fully saturated rings. The molecule has 0 saturated heterocycles. The van der Waals surface area contributed by atoms with Crippen LogP contribution in [0.5, 0.6) is 0 Å². The van der Waals surface area contributed by atoms with Gasteiger partial charge in [0.2, 0.25) is 0 Å². The first kappa shape index (κ1) is 18.8. The molecule has 0 atom stereocenters. The Bertz CT molecular complexity index is 993. The van der Waals surface area contributed by atoms with Crippen LogP contribution in [0.1, 0.15) is 37.8 Å². The average molecular weight is 362 g/mol. The maximum absolute atomic E-state index is 5.26. The molecule has 27 heavy (non-hydrogen) atoms. The van der Waals surface area contributed by atoms with Gasteiger partial charge in [0.25, 0.3) is 0 Å². The van der Waals surface area contributed by atoms with Crippen molar-refractivity contribution < 1.29 is 4.52 Å². The SMILES string of the molecule is CC(C)C.Cc1noc(C)c1-c1cc2c(cn1)ncn2Cc1ccccc1. The van der Waals surface area contributed by atoms with Gasteiger partial charge in [-0.15, -0.1) is 0 Å². The van der Waals surface area contributed by atoms with E-state index in [9.17, 15) is 0 Å². The minimum Gasteiger partial charge on any atom is -0.361 e. The third-order valence-corrected chi connectivity index (χ3v) is 3.99. The standard InChI is InChI=1S/C18H16N4O.C4H10/c1-12-18(13(2)23-21-12)15-8-17-16(9-19-15)20-11-22(17)10-14-6-4-3-5-7-14;1-4(2)3/h3-9,11H,10H2,1-2H3;4H,1-3H3. The summed E-state index contributed by atoms with van der Waals surface area (Å²) < 4.78 is 7.39. The summed E-state index contributed by atoms with van der Waals surface area (Å²) in [7, 11) is 0. The smallest absolute Gasteiger partial charge is 0.143 e. The highest BCUT2D eigenvalue weighted by molar-refractivity contribution is 5.80. The van der Waals surface area contributed by atoms with E-state index in [1.807, 2.05) is 38.4 Å². The topological polar surface area (TPSA) is 56.7 Å². The van der Waals surface area contributed by atoms with Gasteiger partial charge in [0.15, 0.2) is 0 Å². The normalized spacial score (nSPS) is 10.9. The maximum Gasteiger partial charge on any atom is 0.143 e. The number of benzene rings is 1. The van der Waals surface area contributed by atoms with Crippen LogP contribution in [0, 0.1) is 19.8 Å². The molecule has 3 aromatic heterocycles. The second kappa shape index (κ2) is 8.16. The highest BCUT2D eigenvalue weighted by Gasteiger charge is 2.14. The number of rotatable bonds is 3. The molecule has 0 amide bonds. The van der Waals surface area contributed by atoms with Crippen LogP contribution in [0.2, 0.25) is 0 Å². The van der Waals surface area contributed by atoms with Gasteiger partial charge < -0.3 is 9.09 Å². The molecule has 1 aromatic carbocycles. The lowest BCUT2D eigenvalue weighted by molar-refractivity contribution is 0.393. The van der Waals surface area contributed by atoms with Crippen LogP contribution < -0.4 is 0 Å². The Morgan fingerprint density at radius 3 is 2.37 bits per heavy atom. The Morgan fingerprint density at radius 2 is 1.74 bits per heavy atom. The van der Waals surface area contributed by atoms with E-state index < -0.39 is 0 Å². The van der Waals surface area contributed by atoms with Gasteiger partial charge >= 0.3 is 0 Å². The molecule has 5 heteroatoms. The molecule has 4 aromatic rings. The van der Waals surface area contributed by atoms with Crippen LogP contribution >= 0.6 is 0 Å². The van der Waals surface area contributed by atoms with Gasteiger partial charge in [0, 0.05) is 6.54 Å². The molecule has 140 valence electrons. The number of pyridine rings is 1. The van der Waals surface area contributed by atoms with Gasteiger partial charge in [0.1, 0.15) is 11.3 Å². The summed E-state index contributed by atoms with van der Waals surface area (Å²) >= 11 is 0. The number of hydrogen-bond acceptors (Lipinski definition) is 4. The third-order valence-electron chi connectivity index (χ3n) is 3.99. The summed E-state index contributed by atoms with van der Waals surface area (Å²) in [6.45, 7) is 11.1. The Labute approximate surface area is 160 Å². The van der Waals surface area contributed by atoms with Gasteiger partial charge in [-0.25, -0.2) is 4.98 Å². The fourth-order valence-corrected chi connectivity index (χ4v) is 2.85. The summed E-state index contributed by atoms with van der Waals surface area (Å²) in [5.74, 6) is 1.61. The molecule has 0 radical (unpaired) electrons. The summed E-state index contributed by atoms with van der Waals surface area (Å²) in [5.41, 5.74) is 5.85. The van der Waals surface area contributed by atoms with Crippen molar-refractivity contribution in [2.24, 2.45) is 5.92 Å². The van der Waals surface area contributed by atoms with Gasteiger partial charge in [-0.3, -0.25) is 4.98 Å². The van der Waals surface area contributed by atoms with Crippen molar-refractivity contribution >= 4 is 11.0 Å².